The number of methoxy groups -OCH3 is 1. The van der Waals surface area contributed by atoms with Crippen LogP contribution in [0.3, 0.4) is 0 Å². The molecule has 2 aromatic carbocycles. The Hall–Kier alpha value is -3.69. The lowest BCUT2D eigenvalue weighted by Crippen LogP contribution is -2.63. The van der Waals surface area contributed by atoms with Gasteiger partial charge in [-0.3, -0.25) is 9.48 Å². The first kappa shape index (κ1) is 27.9. The first-order chi connectivity index (χ1) is 19.1. The molecule has 210 valence electrons. The van der Waals surface area contributed by atoms with E-state index in [0.29, 0.717) is 70.6 Å². The molecule has 1 saturated heterocycles. The summed E-state index contributed by atoms with van der Waals surface area (Å²) in [6, 6.07) is 6.81. The van der Waals surface area contributed by atoms with Crippen LogP contribution in [0.25, 0.3) is 22.4 Å². The number of carbonyl (C=O) groups excluding carboxylic acids is 1. The van der Waals surface area contributed by atoms with Crippen LogP contribution in [0.1, 0.15) is 35.7 Å². The van der Waals surface area contributed by atoms with Gasteiger partial charge in [-0.05, 0) is 62.6 Å². The first-order valence-corrected chi connectivity index (χ1v) is 13.6. The molecule has 1 aliphatic carbocycles. The maximum absolute atomic E-state index is 15.7. The molecule has 3 aromatic rings. The minimum atomic E-state index is -0.427. The van der Waals surface area contributed by atoms with Gasteiger partial charge in [0.05, 0.1) is 17.7 Å². The number of ether oxygens (including phenoxy) is 1. The number of halogens is 2. The highest BCUT2D eigenvalue weighted by atomic mass is 35.5. The van der Waals surface area contributed by atoms with Gasteiger partial charge < -0.3 is 26.1 Å². The quantitative estimate of drug-likeness (QED) is 0.135. The van der Waals surface area contributed by atoms with Gasteiger partial charge in [0.1, 0.15) is 11.5 Å². The lowest BCUT2D eigenvalue weighted by molar-refractivity contribution is -0.149. The molecule has 5 rings (SSSR count). The van der Waals surface area contributed by atoms with Crippen LogP contribution in [0.5, 0.6) is 0 Å². The van der Waals surface area contributed by atoms with Crippen LogP contribution < -0.4 is 11.1 Å². The molecule has 40 heavy (non-hydrogen) atoms. The smallest absolute Gasteiger partial charge is 0.245 e. The van der Waals surface area contributed by atoms with Crippen molar-refractivity contribution in [3.63, 3.8) is 0 Å². The number of nitrogens with one attached hydrogen (secondary N) is 2. The summed E-state index contributed by atoms with van der Waals surface area (Å²) in [5.74, 6) is -0.473. The van der Waals surface area contributed by atoms with Gasteiger partial charge >= 0.3 is 0 Å². The van der Waals surface area contributed by atoms with Crippen LogP contribution >= 0.6 is 11.6 Å². The second-order valence-electron chi connectivity index (χ2n) is 10.9. The maximum atomic E-state index is 15.7. The summed E-state index contributed by atoms with van der Waals surface area (Å²) in [5, 5.41) is 16.7. The van der Waals surface area contributed by atoms with E-state index >= 15 is 4.39 Å². The van der Waals surface area contributed by atoms with E-state index in [2.05, 4.69) is 11.9 Å². The number of hydrogen-bond acceptors (Lipinski definition) is 6. The fourth-order valence-corrected chi connectivity index (χ4v) is 6.38. The summed E-state index contributed by atoms with van der Waals surface area (Å²) in [6.45, 7) is 9.86. The van der Waals surface area contributed by atoms with Crippen molar-refractivity contribution in [3.05, 3.63) is 64.6 Å². The third-order valence-corrected chi connectivity index (χ3v) is 8.63. The van der Waals surface area contributed by atoms with Crippen LogP contribution in [0, 0.1) is 30.5 Å². The predicted octanol–water partition coefficient (Wildman–Crippen LogP) is 5.61. The van der Waals surface area contributed by atoms with Gasteiger partial charge in [-0.1, -0.05) is 18.2 Å². The number of nitrogens with zero attached hydrogens (tertiary/aromatic N) is 3. The molecule has 0 bridgehead atoms. The Kier molecular flexibility index (Phi) is 7.46. The van der Waals surface area contributed by atoms with E-state index in [0.717, 1.165) is 24.1 Å². The molecule has 10 heteroatoms. The number of nitrogen functional groups attached to an aromatic ring is 1. The second-order valence-corrected chi connectivity index (χ2v) is 11.2. The molecule has 4 N–H and O–H groups in total. The maximum Gasteiger partial charge on any atom is 0.245 e. The van der Waals surface area contributed by atoms with Gasteiger partial charge in [-0.15, -0.1) is 0 Å². The standard InChI is InChI=1S/C30H34ClFN6O2/c1-5-25(39)37-15-30(16-37)12-20(13-30)38-18(3)26(27-22(14-33)24(34)10-17(2)28(27)31)29(36-38)21-7-6-19(11-23(21)32)35-8-9-40-4/h5-7,10-11,14,20,33,35H,1,8-9,12-13,15-16,34H2,2-4H3. The van der Waals surface area contributed by atoms with Crippen LogP contribution in [0.4, 0.5) is 15.8 Å². The molecule has 0 unspecified atom stereocenters. The summed E-state index contributed by atoms with van der Waals surface area (Å²) in [5.41, 5.74) is 11.6. The van der Waals surface area contributed by atoms with E-state index in [1.54, 1.807) is 24.1 Å². The van der Waals surface area contributed by atoms with Crippen molar-refractivity contribution in [2.75, 3.05) is 44.4 Å². The number of carbonyl (C=O) groups is 1. The SMILES string of the molecule is C=CC(=O)N1CC2(CC(n3nc(-c4ccc(NCCOC)cc4F)c(-c4c(Cl)c(C)cc(N)c4C=N)c3C)C2)C1. The van der Waals surface area contributed by atoms with Crippen LogP contribution in [-0.2, 0) is 9.53 Å². The summed E-state index contributed by atoms with van der Waals surface area (Å²) >= 11 is 6.87. The Morgan fingerprint density at radius 1 is 1.32 bits per heavy atom. The Morgan fingerprint density at radius 2 is 2.05 bits per heavy atom. The van der Waals surface area contributed by atoms with E-state index in [-0.39, 0.29) is 17.4 Å². The van der Waals surface area contributed by atoms with Crippen molar-refractivity contribution in [1.29, 1.82) is 5.41 Å². The molecule has 1 aromatic heterocycles. The minimum Gasteiger partial charge on any atom is -0.398 e. The highest BCUT2D eigenvalue weighted by molar-refractivity contribution is 6.35. The highest BCUT2D eigenvalue weighted by Gasteiger charge is 2.54. The molecular weight excluding hydrogens is 531 g/mol. The van der Waals surface area contributed by atoms with Gasteiger partial charge in [0.2, 0.25) is 5.91 Å². The van der Waals surface area contributed by atoms with Gasteiger partial charge in [-0.25, -0.2) is 4.39 Å². The summed E-state index contributed by atoms with van der Waals surface area (Å²) in [4.78, 5) is 13.8. The average Bonchev–Trinajstić information content (AvgIpc) is 3.20. The third-order valence-electron chi connectivity index (χ3n) is 8.14. The van der Waals surface area contributed by atoms with Crippen molar-refractivity contribution in [3.8, 4) is 22.4 Å². The van der Waals surface area contributed by atoms with E-state index < -0.39 is 5.82 Å². The number of amides is 1. The zero-order chi connectivity index (χ0) is 28.8. The van der Waals surface area contributed by atoms with Crippen molar-refractivity contribution in [2.24, 2.45) is 5.41 Å². The van der Waals surface area contributed by atoms with Gasteiger partial charge in [0, 0.05) is 77.7 Å². The number of rotatable bonds is 9. The molecule has 1 aliphatic heterocycles. The molecule has 0 radical (unpaired) electrons. The number of nitrogens with two attached hydrogens (primary N) is 1. The zero-order valence-electron chi connectivity index (χ0n) is 23.0. The summed E-state index contributed by atoms with van der Waals surface area (Å²) < 4.78 is 22.7. The summed E-state index contributed by atoms with van der Waals surface area (Å²) in [7, 11) is 1.61. The normalized spacial score (nSPS) is 16.0. The summed E-state index contributed by atoms with van der Waals surface area (Å²) in [6.07, 6.45) is 4.26. The van der Waals surface area contributed by atoms with Crippen LogP contribution in [0.15, 0.2) is 36.9 Å². The Labute approximate surface area is 238 Å². The van der Waals surface area contributed by atoms with Crippen molar-refractivity contribution in [2.45, 2.75) is 32.7 Å². The average molecular weight is 565 g/mol. The van der Waals surface area contributed by atoms with E-state index in [1.165, 1.54) is 18.4 Å². The largest absolute Gasteiger partial charge is 0.398 e. The number of aromatic nitrogens is 2. The molecule has 2 fully saturated rings. The Balaban J connectivity index is 1.58. The lowest BCUT2D eigenvalue weighted by Gasteiger charge is -2.58. The molecule has 1 amide bonds. The minimum absolute atomic E-state index is 0.0459. The van der Waals surface area contributed by atoms with E-state index in [4.69, 9.17) is 32.6 Å². The van der Waals surface area contributed by atoms with E-state index in [1.807, 2.05) is 24.6 Å². The molecule has 0 atom stereocenters. The van der Waals surface area contributed by atoms with Crippen molar-refractivity contribution >= 4 is 35.1 Å². The monoisotopic (exact) mass is 564 g/mol. The number of hydrogen-bond donors (Lipinski definition) is 3. The second kappa shape index (κ2) is 10.7. The number of aryl methyl sites for hydroxylation is 1. The van der Waals surface area contributed by atoms with Crippen LogP contribution in [-0.4, -0.2) is 60.2 Å². The Bertz CT molecular complexity index is 1500. The van der Waals surface area contributed by atoms with Gasteiger partial charge in [-0.2, -0.15) is 5.10 Å². The van der Waals surface area contributed by atoms with Crippen LogP contribution in [0.2, 0.25) is 5.02 Å². The topological polar surface area (TPSA) is 109 Å². The highest BCUT2D eigenvalue weighted by Crippen LogP contribution is 2.55. The molecular formula is C30H34ClFN6O2. The van der Waals surface area contributed by atoms with E-state index in [9.17, 15) is 4.79 Å². The lowest BCUT2D eigenvalue weighted by atomic mass is 9.60. The molecule has 1 spiro atoms. The molecule has 2 heterocycles. The first-order valence-electron chi connectivity index (χ1n) is 13.3. The van der Waals surface area contributed by atoms with Crippen molar-refractivity contribution in [1.82, 2.24) is 14.7 Å². The number of likely N-dealkylation sites (tertiary alicyclic amines) is 1. The fourth-order valence-electron chi connectivity index (χ4n) is 6.13. The molecule has 2 aliphatic rings. The third kappa shape index (κ3) is 4.67. The molecule has 8 nitrogen and oxygen atoms in total. The van der Waals surface area contributed by atoms with Crippen molar-refractivity contribution < 1.29 is 13.9 Å². The predicted molar refractivity (Wildman–Crippen MR) is 158 cm³/mol. The fraction of sp³-hybridized carbons (Fsp3) is 0.367. The number of benzene rings is 2. The zero-order valence-corrected chi connectivity index (χ0v) is 23.7. The van der Waals surface area contributed by atoms with Gasteiger partial charge in [0.25, 0.3) is 0 Å². The Morgan fingerprint density at radius 3 is 2.67 bits per heavy atom. The number of anilines is 2. The van der Waals surface area contributed by atoms with Gasteiger partial charge in [0.15, 0.2) is 0 Å². The molecule has 1 saturated carbocycles.